The average Bonchev–Trinajstić information content (AvgIpc) is 2.58. The van der Waals surface area contributed by atoms with Crippen LogP contribution in [0.5, 0.6) is 0 Å². The molecule has 0 radical (unpaired) electrons. The first kappa shape index (κ1) is 21.0. The van der Waals surface area contributed by atoms with E-state index < -0.39 is 5.97 Å². The molecule has 7 nitrogen and oxygen atoms in total. The van der Waals surface area contributed by atoms with Gasteiger partial charge in [0.25, 0.3) is 0 Å². The standard InChI is InChI=1S/C17H27N5O2S/c1-12(11-15(19)21-10-4-8-18)22-17(13-5-2-3-9-20-13)14(25)6-7-16(23)24/h2-5,8-9,12,15,21-22,25H,6-7,10-11,18-19H2,1H3,(H,23,24)/b8-4-,17-14-. The van der Waals surface area contributed by atoms with E-state index in [0.717, 1.165) is 11.4 Å². The van der Waals surface area contributed by atoms with Gasteiger partial charge in [0, 0.05) is 30.1 Å². The number of allylic oxidation sites excluding steroid dienone is 1. The number of nitrogens with two attached hydrogens (primary N) is 2. The minimum absolute atomic E-state index is 0.0116. The van der Waals surface area contributed by atoms with Crippen LogP contribution in [0.4, 0.5) is 0 Å². The van der Waals surface area contributed by atoms with Gasteiger partial charge in [0.15, 0.2) is 0 Å². The van der Waals surface area contributed by atoms with Gasteiger partial charge in [-0.05, 0) is 38.1 Å². The molecule has 25 heavy (non-hydrogen) atoms. The second kappa shape index (κ2) is 11.5. The van der Waals surface area contributed by atoms with Crippen LogP contribution in [0, 0.1) is 0 Å². The van der Waals surface area contributed by atoms with Gasteiger partial charge in [-0.25, -0.2) is 0 Å². The summed E-state index contributed by atoms with van der Waals surface area (Å²) in [6.07, 6.45) is 5.74. The van der Waals surface area contributed by atoms with Crippen molar-refractivity contribution in [3.05, 3.63) is 47.3 Å². The zero-order valence-electron chi connectivity index (χ0n) is 14.4. The first-order valence-corrected chi connectivity index (χ1v) is 8.56. The molecule has 2 atom stereocenters. The van der Waals surface area contributed by atoms with Crippen LogP contribution in [-0.2, 0) is 4.79 Å². The Labute approximate surface area is 154 Å². The van der Waals surface area contributed by atoms with Crippen LogP contribution in [0.1, 0.15) is 31.9 Å². The van der Waals surface area contributed by atoms with Crippen molar-refractivity contribution in [3.63, 3.8) is 0 Å². The number of aliphatic carboxylic acids is 1. The maximum atomic E-state index is 10.8. The average molecular weight is 366 g/mol. The molecule has 2 unspecified atom stereocenters. The Morgan fingerprint density at radius 3 is 2.80 bits per heavy atom. The lowest BCUT2D eigenvalue weighted by Gasteiger charge is -2.23. The molecule has 0 aliphatic rings. The molecule has 1 heterocycles. The van der Waals surface area contributed by atoms with Crippen molar-refractivity contribution in [2.24, 2.45) is 11.5 Å². The molecule has 0 amide bonds. The lowest BCUT2D eigenvalue weighted by Crippen LogP contribution is -2.42. The third-order valence-electron chi connectivity index (χ3n) is 3.42. The van der Waals surface area contributed by atoms with E-state index in [-0.39, 0.29) is 18.6 Å². The Morgan fingerprint density at radius 2 is 2.20 bits per heavy atom. The number of carbonyl (C=O) groups is 1. The van der Waals surface area contributed by atoms with Gasteiger partial charge in [0.05, 0.1) is 17.6 Å². The third kappa shape index (κ3) is 8.57. The minimum Gasteiger partial charge on any atom is -0.481 e. The number of thiol groups is 1. The highest BCUT2D eigenvalue weighted by Gasteiger charge is 2.14. The van der Waals surface area contributed by atoms with E-state index in [1.807, 2.05) is 25.1 Å². The first-order valence-electron chi connectivity index (χ1n) is 8.11. The van der Waals surface area contributed by atoms with Crippen molar-refractivity contribution >= 4 is 24.3 Å². The molecule has 1 aromatic rings. The zero-order chi connectivity index (χ0) is 18.7. The lowest BCUT2D eigenvalue weighted by atomic mass is 10.1. The van der Waals surface area contributed by atoms with Crippen LogP contribution >= 0.6 is 12.6 Å². The number of pyridine rings is 1. The number of carboxylic acid groups (broad SMARTS) is 1. The topological polar surface area (TPSA) is 126 Å². The number of nitrogens with zero attached hydrogens (tertiary/aromatic N) is 1. The Hall–Kier alpha value is -2.03. The van der Waals surface area contributed by atoms with Gasteiger partial charge >= 0.3 is 5.97 Å². The summed E-state index contributed by atoms with van der Waals surface area (Å²) in [5.41, 5.74) is 12.8. The maximum absolute atomic E-state index is 10.8. The molecular formula is C17H27N5O2S. The van der Waals surface area contributed by atoms with Crippen LogP contribution in [0.3, 0.4) is 0 Å². The summed E-state index contributed by atoms with van der Waals surface area (Å²) < 4.78 is 0. The number of hydrogen-bond donors (Lipinski definition) is 6. The van der Waals surface area contributed by atoms with E-state index in [0.29, 0.717) is 24.3 Å². The Kier molecular flexibility index (Phi) is 9.68. The number of aromatic nitrogens is 1. The molecule has 0 aliphatic heterocycles. The summed E-state index contributed by atoms with van der Waals surface area (Å²) >= 11 is 4.49. The molecule has 7 N–H and O–H groups in total. The first-order chi connectivity index (χ1) is 11.9. The van der Waals surface area contributed by atoms with Gasteiger partial charge in [-0.3, -0.25) is 15.1 Å². The van der Waals surface area contributed by atoms with E-state index in [9.17, 15) is 4.79 Å². The van der Waals surface area contributed by atoms with E-state index in [4.69, 9.17) is 16.6 Å². The summed E-state index contributed by atoms with van der Waals surface area (Å²) in [7, 11) is 0. The van der Waals surface area contributed by atoms with Crippen molar-refractivity contribution in [2.75, 3.05) is 6.54 Å². The maximum Gasteiger partial charge on any atom is 0.303 e. The van der Waals surface area contributed by atoms with Crippen LogP contribution in [0.2, 0.25) is 0 Å². The predicted octanol–water partition coefficient (Wildman–Crippen LogP) is 1.26. The Balaban J connectivity index is 2.79. The third-order valence-corrected chi connectivity index (χ3v) is 3.86. The SMILES string of the molecule is CC(CC(N)NC/C=C\N)N/C(=C(\S)CCC(=O)O)c1ccccn1. The fourth-order valence-electron chi connectivity index (χ4n) is 2.22. The molecule has 0 saturated heterocycles. The van der Waals surface area contributed by atoms with Gasteiger partial charge in [0.2, 0.25) is 0 Å². The summed E-state index contributed by atoms with van der Waals surface area (Å²) in [6.45, 7) is 2.60. The minimum atomic E-state index is -0.862. The monoisotopic (exact) mass is 365 g/mol. The predicted molar refractivity (Wildman–Crippen MR) is 104 cm³/mol. The highest BCUT2D eigenvalue weighted by Crippen LogP contribution is 2.22. The van der Waals surface area contributed by atoms with E-state index in [2.05, 4.69) is 28.2 Å². The molecule has 0 saturated carbocycles. The summed E-state index contributed by atoms with van der Waals surface area (Å²) in [5.74, 6) is -0.862. The molecule has 1 rings (SSSR count). The van der Waals surface area contributed by atoms with Gasteiger partial charge in [-0.15, -0.1) is 12.6 Å². The Bertz CT molecular complexity index is 592. The quantitative estimate of drug-likeness (QED) is 0.257. The van der Waals surface area contributed by atoms with Crippen LogP contribution in [0.15, 0.2) is 41.6 Å². The highest BCUT2D eigenvalue weighted by molar-refractivity contribution is 7.84. The molecule has 138 valence electrons. The highest BCUT2D eigenvalue weighted by atomic mass is 32.1. The summed E-state index contributed by atoms with van der Waals surface area (Å²) in [4.78, 5) is 15.8. The number of rotatable bonds is 11. The van der Waals surface area contributed by atoms with E-state index in [1.54, 1.807) is 12.3 Å². The molecule has 0 aromatic carbocycles. The van der Waals surface area contributed by atoms with Crippen LogP contribution in [0.25, 0.3) is 5.70 Å². The van der Waals surface area contributed by atoms with Gasteiger partial charge < -0.3 is 21.9 Å². The largest absolute Gasteiger partial charge is 0.481 e. The lowest BCUT2D eigenvalue weighted by molar-refractivity contribution is -0.136. The van der Waals surface area contributed by atoms with Gasteiger partial charge in [-0.1, -0.05) is 12.1 Å². The van der Waals surface area contributed by atoms with Crippen molar-refractivity contribution < 1.29 is 9.90 Å². The van der Waals surface area contributed by atoms with E-state index >= 15 is 0 Å². The summed E-state index contributed by atoms with van der Waals surface area (Å²) in [5, 5.41) is 15.4. The van der Waals surface area contributed by atoms with Crippen molar-refractivity contribution in [1.82, 2.24) is 15.6 Å². The molecular weight excluding hydrogens is 338 g/mol. The smallest absolute Gasteiger partial charge is 0.303 e. The fourth-order valence-corrected chi connectivity index (χ4v) is 2.51. The van der Waals surface area contributed by atoms with Gasteiger partial charge in [-0.2, -0.15) is 0 Å². The molecule has 8 heteroatoms. The second-order valence-corrected chi connectivity index (χ2v) is 6.19. The van der Waals surface area contributed by atoms with Crippen molar-refractivity contribution in [1.29, 1.82) is 0 Å². The molecule has 0 bridgehead atoms. The number of nitrogens with one attached hydrogen (secondary N) is 2. The van der Waals surface area contributed by atoms with Crippen LogP contribution in [-0.4, -0.2) is 34.8 Å². The zero-order valence-corrected chi connectivity index (χ0v) is 15.2. The molecule has 0 aliphatic carbocycles. The van der Waals surface area contributed by atoms with Gasteiger partial charge in [0.1, 0.15) is 0 Å². The second-order valence-electron chi connectivity index (χ2n) is 5.65. The molecule has 0 fully saturated rings. The van der Waals surface area contributed by atoms with Crippen molar-refractivity contribution in [3.8, 4) is 0 Å². The molecule has 0 spiro atoms. The van der Waals surface area contributed by atoms with Crippen LogP contribution < -0.4 is 22.1 Å². The number of hydrogen-bond acceptors (Lipinski definition) is 7. The Morgan fingerprint density at radius 1 is 1.44 bits per heavy atom. The van der Waals surface area contributed by atoms with Crippen molar-refractivity contribution in [2.45, 2.75) is 38.4 Å². The number of carboxylic acids is 1. The normalized spacial score (nSPS) is 14.8. The van der Waals surface area contributed by atoms with E-state index in [1.165, 1.54) is 6.20 Å². The fraction of sp³-hybridized carbons (Fsp3) is 0.412. The molecule has 1 aromatic heterocycles. The summed E-state index contributed by atoms with van der Waals surface area (Å²) in [6, 6.07) is 5.59.